The molecular weight excluding hydrogens is 342 g/mol. The van der Waals surface area contributed by atoms with Gasteiger partial charge in [0.2, 0.25) is 5.91 Å². The molecule has 0 aliphatic heterocycles. The van der Waals surface area contributed by atoms with Crippen molar-refractivity contribution in [2.45, 2.75) is 19.8 Å². The molecular formula is C18H20BrNO2. The van der Waals surface area contributed by atoms with Crippen LogP contribution in [0.4, 0.5) is 0 Å². The zero-order valence-corrected chi connectivity index (χ0v) is 14.2. The molecule has 4 heteroatoms. The van der Waals surface area contributed by atoms with Crippen molar-refractivity contribution < 1.29 is 9.53 Å². The first-order chi connectivity index (χ1) is 10.7. The number of hydrogen-bond donors (Lipinski definition) is 1. The number of ether oxygens (including phenoxy) is 1. The van der Waals surface area contributed by atoms with Crippen molar-refractivity contribution in [3.05, 3.63) is 64.1 Å². The molecule has 3 nitrogen and oxygen atoms in total. The highest BCUT2D eigenvalue weighted by Crippen LogP contribution is 2.16. The van der Waals surface area contributed by atoms with E-state index < -0.39 is 0 Å². The van der Waals surface area contributed by atoms with Crippen molar-refractivity contribution in [2.24, 2.45) is 0 Å². The largest absolute Gasteiger partial charge is 0.492 e. The zero-order valence-electron chi connectivity index (χ0n) is 12.6. The molecule has 0 aromatic heterocycles. The first-order valence-corrected chi connectivity index (χ1v) is 8.20. The van der Waals surface area contributed by atoms with Crippen molar-refractivity contribution in [1.82, 2.24) is 5.32 Å². The number of aryl methyl sites for hydroxylation is 1. The number of hydrogen-bond acceptors (Lipinski definition) is 2. The van der Waals surface area contributed by atoms with E-state index in [0.29, 0.717) is 19.6 Å². The maximum Gasteiger partial charge on any atom is 0.224 e. The van der Waals surface area contributed by atoms with E-state index in [9.17, 15) is 4.79 Å². The lowest BCUT2D eigenvalue weighted by Gasteiger charge is -2.09. The van der Waals surface area contributed by atoms with Crippen molar-refractivity contribution in [2.75, 3.05) is 13.2 Å². The number of carbonyl (C=O) groups is 1. The summed E-state index contributed by atoms with van der Waals surface area (Å²) >= 11 is 3.44. The third-order valence-electron chi connectivity index (χ3n) is 3.33. The quantitative estimate of drug-likeness (QED) is 0.762. The van der Waals surface area contributed by atoms with Crippen LogP contribution in [0.15, 0.2) is 53.0 Å². The van der Waals surface area contributed by atoms with Crippen LogP contribution in [0.2, 0.25) is 0 Å². The molecule has 0 atom stereocenters. The number of nitrogens with one attached hydrogen (secondary N) is 1. The fraction of sp³-hybridized carbons (Fsp3) is 0.278. The van der Waals surface area contributed by atoms with Crippen LogP contribution in [0.25, 0.3) is 0 Å². The number of rotatable bonds is 7. The molecule has 1 N–H and O–H groups in total. The smallest absolute Gasteiger partial charge is 0.224 e. The van der Waals surface area contributed by atoms with Gasteiger partial charge in [0, 0.05) is 4.47 Å². The molecule has 0 heterocycles. The van der Waals surface area contributed by atoms with Gasteiger partial charge in [-0.25, -0.2) is 0 Å². The molecule has 0 radical (unpaired) electrons. The van der Waals surface area contributed by atoms with Gasteiger partial charge in [-0.3, -0.25) is 4.79 Å². The molecule has 1 amide bonds. The van der Waals surface area contributed by atoms with Crippen LogP contribution in [0.5, 0.6) is 5.75 Å². The van der Waals surface area contributed by atoms with Crippen LogP contribution < -0.4 is 10.1 Å². The van der Waals surface area contributed by atoms with Crippen molar-refractivity contribution in [3.63, 3.8) is 0 Å². The average molecular weight is 362 g/mol. The minimum Gasteiger partial charge on any atom is -0.492 e. The number of amides is 1. The highest BCUT2D eigenvalue weighted by Gasteiger charge is 2.05. The first-order valence-electron chi connectivity index (χ1n) is 7.41. The Kier molecular flexibility index (Phi) is 6.46. The van der Waals surface area contributed by atoms with Gasteiger partial charge in [-0.15, -0.1) is 0 Å². The number of halogens is 1. The zero-order chi connectivity index (χ0) is 15.8. The van der Waals surface area contributed by atoms with E-state index >= 15 is 0 Å². The molecule has 22 heavy (non-hydrogen) atoms. The molecule has 0 fully saturated rings. The fourth-order valence-electron chi connectivity index (χ4n) is 2.06. The summed E-state index contributed by atoms with van der Waals surface area (Å²) in [5, 5.41) is 2.87. The normalized spacial score (nSPS) is 10.3. The monoisotopic (exact) mass is 361 g/mol. The maximum atomic E-state index is 11.9. The second-order valence-corrected chi connectivity index (χ2v) is 5.82. The Labute approximate surface area is 139 Å². The minimum atomic E-state index is -0.00293. The number of benzene rings is 2. The van der Waals surface area contributed by atoms with E-state index in [1.54, 1.807) is 0 Å². The van der Waals surface area contributed by atoms with E-state index in [0.717, 1.165) is 22.2 Å². The van der Waals surface area contributed by atoms with Crippen LogP contribution in [0.1, 0.15) is 18.1 Å². The lowest BCUT2D eigenvalue weighted by Crippen LogP contribution is -2.29. The predicted octanol–water partition coefficient (Wildman–Crippen LogP) is 3.75. The molecule has 2 aromatic carbocycles. The Balaban J connectivity index is 1.69. The molecule has 116 valence electrons. The van der Waals surface area contributed by atoms with Gasteiger partial charge < -0.3 is 10.1 Å². The van der Waals surface area contributed by atoms with Gasteiger partial charge in [0.25, 0.3) is 0 Å². The van der Waals surface area contributed by atoms with Gasteiger partial charge in [-0.1, -0.05) is 53.2 Å². The molecule has 0 bridgehead atoms. The van der Waals surface area contributed by atoms with Crippen LogP contribution in [-0.4, -0.2) is 19.1 Å². The standard InChI is InChI=1S/C18H20BrNO2/c1-2-14-7-9-16(10-8-14)22-12-11-20-18(21)13-15-5-3-4-6-17(15)19/h3-10H,2,11-13H2,1H3,(H,20,21). The lowest BCUT2D eigenvalue weighted by molar-refractivity contribution is -0.120. The Morgan fingerprint density at radius 3 is 2.55 bits per heavy atom. The van der Waals surface area contributed by atoms with E-state index in [-0.39, 0.29) is 5.91 Å². The Bertz CT molecular complexity index is 611. The topological polar surface area (TPSA) is 38.3 Å². The third kappa shape index (κ3) is 5.19. The van der Waals surface area contributed by atoms with Gasteiger partial charge in [-0.2, -0.15) is 0 Å². The van der Waals surface area contributed by atoms with Crippen molar-refractivity contribution in [1.29, 1.82) is 0 Å². The summed E-state index contributed by atoms with van der Waals surface area (Å²) in [6.45, 7) is 3.09. The minimum absolute atomic E-state index is 0.00293. The second-order valence-electron chi connectivity index (χ2n) is 4.96. The van der Waals surface area contributed by atoms with E-state index in [1.165, 1.54) is 5.56 Å². The highest BCUT2D eigenvalue weighted by molar-refractivity contribution is 9.10. The highest BCUT2D eigenvalue weighted by atomic mass is 79.9. The molecule has 0 saturated carbocycles. The number of carbonyl (C=O) groups excluding carboxylic acids is 1. The van der Waals surface area contributed by atoms with E-state index in [2.05, 4.69) is 40.3 Å². The first kappa shape index (κ1) is 16.6. The lowest BCUT2D eigenvalue weighted by atomic mass is 10.1. The van der Waals surface area contributed by atoms with Gasteiger partial charge in [0.05, 0.1) is 13.0 Å². The predicted molar refractivity (Wildman–Crippen MR) is 92.2 cm³/mol. The summed E-state index contributed by atoms with van der Waals surface area (Å²) in [4.78, 5) is 11.9. The molecule has 0 unspecified atom stereocenters. The van der Waals surface area contributed by atoms with Crippen LogP contribution >= 0.6 is 15.9 Å². The van der Waals surface area contributed by atoms with E-state index in [1.807, 2.05) is 36.4 Å². The average Bonchev–Trinajstić information content (AvgIpc) is 2.54. The third-order valence-corrected chi connectivity index (χ3v) is 4.11. The van der Waals surface area contributed by atoms with Crippen LogP contribution in [0.3, 0.4) is 0 Å². The maximum absolute atomic E-state index is 11.9. The summed E-state index contributed by atoms with van der Waals surface area (Å²) in [7, 11) is 0. The van der Waals surface area contributed by atoms with Gasteiger partial charge >= 0.3 is 0 Å². The van der Waals surface area contributed by atoms with Crippen LogP contribution in [0, 0.1) is 0 Å². The summed E-state index contributed by atoms with van der Waals surface area (Å²) < 4.78 is 6.56. The molecule has 2 aromatic rings. The van der Waals surface area contributed by atoms with Gasteiger partial charge in [-0.05, 0) is 35.7 Å². The molecule has 0 saturated heterocycles. The summed E-state index contributed by atoms with van der Waals surface area (Å²) in [5.74, 6) is 0.828. The fourth-order valence-corrected chi connectivity index (χ4v) is 2.48. The summed E-state index contributed by atoms with van der Waals surface area (Å²) in [6, 6.07) is 15.8. The van der Waals surface area contributed by atoms with Gasteiger partial charge in [0.1, 0.15) is 12.4 Å². The van der Waals surface area contributed by atoms with E-state index in [4.69, 9.17) is 4.74 Å². The second kappa shape index (κ2) is 8.59. The van der Waals surface area contributed by atoms with Gasteiger partial charge in [0.15, 0.2) is 0 Å². The summed E-state index contributed by atoms with van der Waals surface area (Å²) in [5.41, 5.74) is 2.27. The van der Waals surface area contributed by atoms with Crippen molar-refractivity contribution >= 4 is 21.8 Å². The SMILES string of the molecule is CCc1ccc(OCCNC(=O)Cc2ccccc2Br)cc1. The molecule has 0 aliphatic rings. The van der Waals surface area contributed by atoms with Crippen molar-refractivity contribution in [3.8, 4) is 5.75 Å². The summed E-state index contributed by atoms with van der Waals surface area (Å²) in [6.07, 6.45) is 1.39. The Morgan fingerprint density at radius 2 is 1.86 bits per heavy atom. The Hall–Kier alpha value is -1.81. The van der Waals surface area contributed by atoms with Crippen LogP contribution in [-0.2, 0) is 17.6 Å². The molecule has 0 spiro atoms. The molecule has 0 aliphatic carbocycles. The molecule has 2 rings (SSSR count). The Morgan fingerprint density at radius 1 is 1.14 bits per heavy atom.